The number of carbonyl (C=O) groups is 1. The number of nitrogens with zero attached hydrogens (tertiary/aromatic N) is 3. The summed E-state index contributed by atoms with van der Waals surface area (Å²) < 4.78 is 5.52. The second-order valence-corrected chi connectivity index (χ2v) is 5.63. The second kappa shape index (κ2) is 7.51. The van der Waals surface area contributed by atoms with E-state index in [0.717, 1.165) is 18.8 Å². The normalized spacial score (nSPS) is 14.1. The summed E-state index contributed by atoms with van der Waals surface area (Å²) in [4.78, 5) is 16.3. The summed E-state index contributed by atoms with van der Waals surface area (Å²) in [6.07, 6.45) is 0. The lowest BCUT2D eigenvalue weighted by Crippen LogP contribution is -2.50. The Balaban J connectivity index is 1.51. The summed E-state index contributed by atoms with van der Waals surface area (Å²) >= 11 is 0. The third-order valence-electron chi connectivity index (χ3n) is 4.08. The second-order valence-electron chi connectivity index (χ2n) is 5.63. The third kappa shape index (κ3) is 3.85. The van der Waals surface area contributed by atoms with Gasteiger partial charge in [-0.3, -0.25) is 4.79 Å². The Labute approximate surface area is 141 Å². The molecule has 5 heteroatoms. The third-order valence-corrected chi connectivity index (χ3v) is 4.08. The van der Waals surface area contributed by atoms with Crippen molar-refractivity contribution < 1.29 is 9.53 Å². The molecule has 0 aliphatic carbocycles. The van der Waals surface area contributed by atoms with Crippen LogP contribution in [0.2, 0.25) is 0 Å². The molecule has 0 bridgehead atoms. The minimum Gasteiger partial charge on any atom is -0.484 e. The molecule has 0 saturated carbocycles. The number of benzene rings is 2. The van der Waals surface area contributed by atoms with Crippen molar-refractivity contribution in [3.8, 4) is 11.8 Å². The number of piperazine rings is 1. The van der Waals surface area contributed by atoms with E-state index in [2.05, 4.69) is 11.0 Å². The van der Waals surface area contributed by atoms with Crippen LogP contribution in [0.5, 0.6) is 5.75 Å². The van der Waals surface area contributed by atoms with E-state index in [4.69, 9.17) is 10.00 Å². The topological polar surface area (TPSA) is 56.6 Å². The first-order chi connectivity index (χ1) is 11.8. The molecule has 0 N–H and O–H groups in total. The highest BCUT2D eigenvalue weighted by Gasteiger charge is 2.21. The van der Waals surface area contributed by atoms with Gasteiger partial charge in [0.05, 0.1) is 11.6 Å². The molecule has 0 radical (unpaired) electrons. The van der Waals surface area contributed by atoms with Gasteiger partial charge in [-0.05, 0) is 30.3 Å². The van der Waals surface area contributed by atoms with Crippen molar-refractivity contribution in [1.29, 1.82) is 5.26 Å². The van der Waals surface area contributed by atoms with Crippen molar-refractivity contribution in [2.24, 2.45) is 0 Å². The van der Waals surface area contributed by atoms with Gasteiger partial charge in [-0.15, -0.1) is 0 Å². The molecule has 1 fully saturated rings. The zero-order valence-corrected chi connectivity index (χ0v) is 13.4. The molecule has 1 heterocycles. The zero-order valence-electron chi connectivity index (χ0n) is 13.4. The summed E-state index contributed by atoms with van der Waals surface area (Å²) in [5.41, 5.74) is 1.68. The number of amides is 1. The lowest BCUT2D eigenvalue weighted by molar-refractivity contribution is -0.133. The van der Waals surface area contributed by atoms with Crippen LogP contribution in [0.25, 0.3) is 0 Å². The molecule has 122 valence electrons. The Bertz CT molecular complexity index is 732. The molecule has 1 amide bonds. The van der Waals surface area contributed by atoms with E-state index in [1.54, 1.807) is 6.07 Å². The van der Waals surface area contributed by atoms with Gasteiger partial charge in [0.2, 0.25) is 0 Å². The van der Waals surface area contributed by atoms with Crippen molar-refractivity contribution in [1.82, 2.24) is 4.90 Å². The molecule has 1 aliphatic rings. The van der Waals surface area contributed by atoms with E-state index in [9.17, 15) is 4.79 Å². The van der Waals surface area contributed by atoms with Crippen molar-refractivity contribution in [3.05, 3.63) is 60.2 Å². The van der Waals surface area contributed by atoms with Gasteiger partial charge in [0.15, 0.2) is 6.61 Å². The molecule has 2 aromatic rings. The summed E-state index contributed by atoms with van der Waals surface area (Å²) in [5, 5.41) is 8.99. The number of hydrogen-bond donors (Lipinski definition) is 0. The van der Waals surface area contributed by atoms with E-state index in [-0.39, 0.29) is 12.5 Å². The monoisotopic (exact) mass is 321 g/mol. The highest BCUT2D eigenvalue weighted by molar-refractivity contribution is 5.78. The van der Waals surface area contributed by atoms with Crippen LogP contribution in [0.15, 0.2) is 54.6 Å². The molecule has 2 aromatic carbocycles. The first kappa shape index (κ1) is 15.9. The SMILES string of the molecule is N#Cc1cccc(N2CCN(C(=O)COc3ccccc3)CC2)c1. The number of hydrogen-bond acceptors (Lipinski definition) is 4. The van der Waals surface area contributed by atoms with Gasteiger partial charge in [-0.2, -0.15) is 5.26 Å². The number of rotatable bonds is 4. The summed E-state index contributed by atoms with van der Waals surface area (Å²) in [5.74, 6) is 0.710. The fourth-order valence-electron chi connectivity index (χ4n) is 2.74. The van der Waals surface area contributed by atoms with Crippen LogP contribution < -0.4 is 9.64 Å². The summed E-state index contributed by atoms with van der Waals surface area (Å²) in [6.45, 7) is 2.90. The van der Waals surface area contributed by atoms with Gasteiger partial charge >= 0.3 is 0 Å². The molecule has 5 nitrogen and oxygen atoms in total. The van der Waals surface area contributed by atoms with Crippen LogP contribution >= 0.6 is 0 Å². The fourth-order valence-corrected chi connectivity index (χ4v) is 2.74. The van der Waals surface area contributed by atoms with Crippen LogP contribution in [0.4, 0.5) is 5.69 Å². The standard InChI is InChI=1S/C19H19N3O2/c20-14-16-5-4-6-17(13-16)21-9-11-22(12-10-21)19(23)15-24-18-7-2-1-3-8-18/h1-8,13H,9-12,15H2. The number of anilines is 1. The first-order valence-electron chi connectivity index (χ1n) is 7.97. The molecule has 0 unspecified atom stereocenters. The van der Waals surface area contributed by atoms with E-state index >= 15 is 0 Å². The van der Waals surface area contributed by atoms with Crippen LogP contribution in [-0.2, 0) is 4.79 Å². The van der Waals surface area contributed by atoms with Gasteiger partial charge in [-0.1, -0.05) is 24.3 Å². The fraction of sp³-hybridized carbons (Fsp3) is 0.263. The minimum atomic E-state index is 0.00396. The highest BCUT2D eigenvalue weighted by atomic mass is 16.5. The van der Waals surface area contributed by atoms with Crippen LogP contribution in [0.3, 0.4) is 0 Å². The molecule has 3 rings (SSSR count). The zero-order chi connectivity index (χ0) is 16.8. The predicted octanol–water partition coefficient (Wildman–Crippen LogP) is 2.29. The van der Waals surface area contributed by atoms with Gasteiger partial charge in [-0.25, -0.2) is 0 Å². The molecular weight excluding hydrogens is 302 g/mol. The van der Waals surface area contributed by atoms with Crippen LogP contribution in [0.1, 0.15) is 5.56 Å². The van der Waals surface area contributed by atoms with Crippen molar-refractivity contribution in [3.63, 3.8) is 0 Å². The maximum atomic E-state index is 12.3. The smallest absolute Gasteiger partial charge is 0.260 e. The number of para-hydroxylation sites is 1. The van der Waals surface area contributed by atoms with Crippen molar-refractivity contribution in [2.75, 3.05) is 37.7 Å². The average Bonchev–Trinajstić information content (AvgIpc) is 2.67. The predicted molar refractivity (Wildman–Crippen MR) is 91.9 cm³/mol. The van der Waals surface area contributed by atoms with Crippen molar-refractivity contribution >= 4 is 11.6 Å². The van der Waals surface area contributed by atoms with E-state index in [0.29, 0.717) is 24.4 Å². The molecule has 1 saturated heterocycles. The summed E-state index contributed by atoms with van der Waals surface area (Å²) in [6, 6.07) is 19.1. The molecule has 0 spiro atoms. The maximum Gasteiger partial charge on any atom is 0.260 e. The van der Waals surface area contributed by atoms with Crippen molar-refractivity contribution in [2.45, 2.75) is 0 Å². The van der Waals surface area contributed by atoms with Gasteiger partial charge in [0.1, 0.15) is 5.75 Å². The Hall–Kier alpha value is -3.00. The molecular formula is C19H19N3O2. The highest BCUT2D eigenvalue weighted by Crippen LogP contribution is 2.18. The Morgan fingerprint density at radius 1 is 1.04 bits per heavy atom. The Morgan fingerprint density at radius 3 is 2.50 bits per heavy atom. The number of ether oxygens (including phenoxy) is 1. The number of carbonyl (C=O) groups excluding carboxylic acids is 1. The Morgan fingerprint density at radius 2 is 1.79 bits per heavy atom. The lowest BCUT2D eigenvalue weighted by Gasteiger charge is -2.36. The Kier molecular flexibility index (Phi) is 4.97. The van der Waals surface area contributed by atoms with Crippen LogP contribution in [-0.4, -0.2) is 43.6 Å². The van der Waals surface area contributed by atoms with Gasteiger partial charge < -0.3 is 14.5 Å². The molecule has 0 atom stereocenters. The van der Waals surface area contributed by atoms with Crippen LogP contribution in [0, 0.1) is 11.3 Å². The molecule has 0 aromatic heterocycles. The largest absolute Gasteiger partial charge is 0.484 e. The number of nitriles is 1. The minimum absolute atomic E-state index is 0.00396. The van der Waals surface area contributed by atoms with E-state index < -0.39 is 0 Å². The van der Waals surface area contributed by atoms with E-state index in [1.807, 2.05) is 53.4 Å². The van der Waals surface area contributed by atoms with Gasteiger partial charge in [0, 0.05) is 31.9 Å². The molecule has 1 aliphatic heterocycles. The quantitative estimate of drug-likeness (QED) is 0.867. The van der Waals surface area contributed by atoms with Gasteiger partial charge in [0.25, 0.3) is 5.91 Å². The summed E-state index contributed by atoms with van der Waals surface area (Å²) in [7, 11) is 0. The van der Waals surface area contributed by atoms with E-state index in [1.165, 1.54) is 0 Å². The average molecular weight is 321 g/mol. The molecule has 24 heavy (non-hydrogen) atoms. The maximum absolute atomic E-state index is 12.3. The lowest BCUT2D eigenvalue weighted by atomic mass is 10.2. The first-order valence-corrected chi connectivity index (χ1v) is 7.97.